The number of carbonyl (C=O) groups is 1. The van der Waals surface area contributed by atoms with Gasteiger partial charge in [0, 0.05) is 19.5 Å². The molecule has 0 aliphatic heterocycles. The van der Waals surface area contributed by atoms with Crippen LogP contribution in [0.4, 0.5) is 0 Å². The SMILES string of the molecule is C=CCN(C/C=C(/C)c1ccccc1)C(=O)CC. The molecule has 2 nitrogen and oxygen atoms in total. The van der Waals surface area contributed by atoms with E-state index in [9.17, 15) is 4.79 Å². The Morgan fingerprint density at radius 2 is 1.94 bits per heavy atom. The molecule has 0 heterocycles. The van der Waals surface area contributed by atoms with Gasteiger partial charge in [0.15, 0.2) is 0 Å². The van der Waals surface area contributed by atoms with Crippen molar-refractivity contribution in [1.82, 2.24) is 4.90 Å². The first-order valence-electron chi connectivity index (χ1n) is 6.29. The van der Waals surface area contributed by atoms with Crippen LogP contribution in [0.25, 0.3) is 5.57 Å². The van der Waals surface area contributed by atoms with Crippen LogP contribution in [-0.4, -0.2) is 23.9 Å². The Kier molecular flexibility index (Phi) is 5.92. The highest BCUT2D eigenvalue weighted by Crippen LogP contribution is 2.12. The third kappa shape index (κ3) is 4.21. The van der Waals surface area contributed by atoms with Crippen molar-refractivity contribution in [2.24, 2.45) is 0 Å². The van der Waals surface area contributed by atoms with Crippen molar-refractivity contribution in [3.05, 3.63) is 54.6 Å². The van der Waals surface area contributed by atoms with Gasteiger partial charge in [0.1, 0.15) is 0 Å². The van der Waals surface area contributed by atoms with Gasteiger partial charge in [0.25, 0.3) is 0 Å². The lowest BCUT2D eigenvalue weighted by Gasteiger charge is -2.19. The van der Waals surface area contributed by atoms with Gasteiger partial charge in [-0.05, 0) is 18.1 Å². The Morgan fingerprint density at radius 3 is 2.50 bits per heavy atom. The second-order valence-electron chi connectivity index (χ2n) is 4.19. The van der Waals surface area contributed by atoms with E-state index in [2.05, 4.69) is 31.7 Å². The summed E-state index contributed by atoms with van der Waals surface area (Å²) >= 11 is 0. The molecule has 0 bridgehead atoms. The molecule has 0 spiro atoms. The van der Waals surface area contributed by atoms with Crippen LogP contribution in [0.15, 0.2) is 49.1 Å². The van der Waals surface area contributed by atoms with Crippen molar-refractivity contribution in [3.8, 4) is 0 Å². The molecule has 0 atom stereocenters. The molecular weight excluding hydrogens is 222 g/mol. The van der Waals surface area contributed by atoms with Crippen LogP contribution in [0, 0.1) is 0 Å². The van der Waals surface area contributed by atoms with Crippen LogP contribution in [0.2, 0.25) is 0 Å². The Bertz CT molecular complexity index is 420. The van der Waals surface area contributed by atoms with Gasteiger partial charge in [-0.15, -0.1) is 6.58 Å². The van der Waals surface area contributed by atoms with Gasteiger partial charge in [0.05, 0.1) is 0 Å². The van der Waals surface area contributed by atoms with Crippen LogP contribution >= 0.6 is 0 Å². The van der Waals surface area contributed by atoms with Gasteiger partial charge in [0.2, 0.25) is 5.91 Å². The number of nitrogens with zero attached hydrogens (tertiary/aromatic N) is 1. The number of carbonyl (C=O) groups excluding carboxylic acids is 1. The third-order valence-electron chi connectivity index (χ3n) is 2.85. The smallest absolute Gasteiger partial charge is 0.222 e. The third-order valence-corrected chi connectivity index (χ3v) is 2.85. The van der Waals surface area contributed by atoms with Crippen LogP contribution in [0.1, 0.15) is 25.8 Å². The van der Waals surface area contributed by atoms with E-state index >= 15 is 0 Å². The minimum absolute atomic E-state index is 0.159. The van der Waals surface area contributed by atoms with E-state index in [4.69, 9.17) is 0 Å². The van der Waals surface area contributed by atoms with Gasteiger partial charge in [-0.2, -0.15) is 0 Å². The number of benzene rings is 1. The molecule has 1 amide bonds. The molecule has 0 aliphatic rings. The first-order chi connectivity index (χ1) is 8.69. The standard InChI is InChI=1S/C16H21NO/c1-4-12-17(16(18)5-2)13-11-14(3)15-9-7-6-8-10-15/h4,6-11H,1,5,12-13H2,2-3H3/b14-11-. The Balaban J connectivity index is 2.71. The van der Waals surface area contributed by atoms with E-state index in [0.29, 0.717) is 19.5 Å². The zero-order valence-electron chi connectivity index (χ0n) is 11.2. The number of amides is 1. The second-order valence-corrected chi connectivity index (χ2v) is 4.19. The highest BCUT2D eigenvalue weighted by atomic mass is 16.2. The van der Waals surface area contributed by atoms with Gasteiger partial charge < -0.3 is 4.90 Å². The molecule has 2 heteroatoms. The van der Waals surface area contributed by atoms with E-state index in [1.807, 2.05) is 25.1 Å². The summed E-state index contributed by atoms with van der Waals surface area (Å²) < 4.78 is 0. The van der Waals surface area contributed by atoms with Gasteiger partial charge >= 0.3 is 0 Å². The first kappa shape index (κ1) is 14.2. The molecule has 0 saturated heterocycles. The zero-order valence-corrected chi connectivity index (χ0v) is 11.2. The van der Waals surface area contributed by atoms with E-state index in [1.54, 1.807) is 11.0 Å². The summed E-state index contributed by atoms with van der Waals surface area (Å²) in [6.07, 6.45) is 4.39. The molecule has 18 heavy (non-hydrogen) atoms. The molecule has 0 fully saturated rings. The van der Waals surface area contributed by atoms with Gasteiger partial charge in [-0.25, -0.2) is 0 Å². The van der Waals surface area contributed by atoms with Crippen LogP contribution in [0.3, 0.4) is 0 Å². The fraction of sp³-hybridized carbons (Fsp3) is 0.312. The zero-order chi connectivity index (χ0) is 13.4. The van der Waals surface area contributed by atoms with Crippen LogP contribution in [0.5, 0.6) is 0 Å². The molecule has 1 rings (SSSR count). The summed E-state index contributed by atoms with van der Waals surface area (Å²) in [7, 11) is 0. The molecule has 1 aromatic carbocycles. The summed E-state index contributed by atoms with van der Waals surface area (Å²) in [6, 6.07) is 10.2. The largest absolute Gasteiger partial charge is 0.335 e. The highest BCUT2D eigenvalue weighted by molar-refractivity contribution is 5.76. The summed E-state index contributed by atoms with van der Waals surface area (Å²) in [5.74, 6) is 0.159. The molecule has 0 aromatic heterocycles. The maximum absolute atomic E-state index is 11.7. The lowest BCUT2D eigenvalue weighted by Crippen LogP contribution is -2.30. The average Bonchev–Trinajstić information content (AvgIpc) is 2.43. The molecule has 0 saturated carbocycles. The van der Waals surface area contributed by atoms with Crippen molar-refractivity contribution < 1.29 is 4.79 Å². The fourth-order valence-corrected chi connectivity index (χ4v) is 1.72. The molecule has 0 radical (unpaired) electrons. The number of hydrogen-bond donors (Lipinski definition) is 0. The monoisotopic (exact) mass is 243 g/mol. The van der Waals surface area contributed by atoms with Crippen LogP contribution < -0.4 is 0 Å². The second kappa shape index (κ2) is 7.49. The number of allylic oxidation sites excluding steroid dienone is 1. The van der Waals surface area contributed by atoms with E-state index in [-0.39, 0.29) is 5.91 Å². The molecule has 1 aromatic rings. The molecule has 0 aliphatic carbocycles. The van der Waals surface area contributed by atoms with E-state index in [0.717, 1.165) is 0 Å². The Morgan fingerprint density at radius 1 is 1.28 bits per heavy atom. The Labute approximate surface area is 110 Å². The molecule has 0 unspecified atom stereocenters. The fourth-order valence-electron chi connectivity index (χ4n) is 1.72. The quantitative estimate of drug-likeness (QED) is 0.700. The lowest BCUT2D eigenvalue weighted by molar-refractivity contribution is -0.129. The van der Waals surface area contributed by atoms with Crippen molar-refractivity contribution in [3.63, 3.8) is 0 Å². The predicted octanol–water partition coefficient (Wildman–Crippen LogP) is 3.51. The van der Waals surface area contributed by atoms with Gasteiger partial charge in [-0.1, -0.05) is 49.4 Å². The Hall–Kier alpha value is -1.83. The molecule has 0 N–H and O–H groups in total. The lowest BCUT2D eigenvalue weighted by atomic mass is 10.1. The summed E-state index contributed by atoms with van der Waals surface area (Å²) in [5.41, 5.74) is 2.38. The van der Waals surface area contributed by atoms with E-state index < -0.39 is 0 Å². The minimum atomic E-state index is 0.159. The summed E-state index contributed by atoms with van der Waals surface area (Å²) in [5, 5.41) is 0. The predicted molar refractivity (Wildman–Crippen MR) is 77.2 cm³/mol. The summed E-state index contributed by atoms with van der Waals surface area (Å²) in [4.78, 5) is 13.5. The minimum Gasteiger partial charge on any atom is -0.335 e. The number of hydrogen-bond acceptors (Lipinski definition) is 1. The van der Waals surface area contributed by atoms with Crippen molar-refractivity contribution in [1.29, 1.82) is 0 Å². The van der Waals surface area contributed by atoms with Crippen molar-refractivity contribution >= 4 is 11.5 Å². The van der Waals surface area contributed by atoms with Gasteiger partial charge in [-0.3, -0.25) is 4.79 Å². The molecule has 96 valence electrons. The maximum Gasteiger partial charge on any atom is 0.222 e. The average molecular weight is 243 g/mol. The topological polar surface area (TPSA) is 20.3 Å². The van der Waals surface area contributed by atoms with Crippen LogP contribution in [-0.2, 0) is 4.79 Å². The normalized spacial score (nSPS) is 11.1. The number of rotatable bonds is 6. The molecular formula is C16H21NO. The first-order valence-corrected chi connectivity index (χ1v) is 6.29. The van der Waals surface area contributed by atoms with E-state index in [1.165, 1.54) is 11.1 Å². The van der Waals surface area contributed by atoms with Crippen molar-refractivity contribution in [2.45, 2.75) is 20.3 Å². The maximum atomic E-state index is 11.7. The highest BCUT2D eigenvalue weighted by Gasteiger charge is 2.07. The summed E-state index contributed by atoms with van der Waals surface area (Å²) in [6.45, 7) is 8.88. The van der Waals surface area contributed by atoms with Crippen molar-refractivity contribution in [2.75, 3.05) is 13.1 Å².